The molecule has 0 amide bonds. The molecule has 0 aliphatic carbocycles. The third-order valence-corrected chi connectivity index (χ3v) is 3.98. The topological polar surface area (TPSA) is 87.1 Å². The first kappa shape index (κ1) is 15.8. The summed E-state index contributed by atoms with van der Waals surface area (Å²) < 4.78 is 0. The van der Waals surface area contributed by atoms with Gasteiger partial charge in [0.2, 0.25) is 0 Å². The van der Waals surface area contributed by atoms with Crippen molar-refractivity contribution in [2.45, 2.75) is 25.7 Å². The molecule has 7 nitrogen and oxygen atoms in total. The van der Waals surface area contributed by atoms with Crippen molar-refractivity contribution >= 4 is 11.6 Å². The van der Waals surface area contributed by atoms with Gasteiger partial charge >= 0.3 is 0 Å². The Bertz CT molecular complexity index is 634. The zero-order valence-electron chi connectivity index (χ0n) is 13.3. The normalized spacial score (nSPS) is 18.8. The minimum Gasteiger partial charge on any atom is -0.395 e. The van der Waals surface area contributed by atoms with Crippen LogP contribution in [0.15, 0.2) is 24.7 Å². The van der Waals surface area contributed by atoms with E-state index in [0.29, 0.717) is 18.3 Å². The average molecular weight is 314 g/mol. The molecule has 0 unspecified atom stereocenters. The van der Waals surface area contributed by atoms with Gasteiger partial charge in [0, 0.05) is 43.2 Å². The number of likely N-dealkylation sites (tertiary alicyclic amines) is 1. The largest absolute Gasteiger partial charge is 0.395 e. The summed E-state index contributed by atoms with van der Waals surface area (Å²) in [4.78, 5) is 19.8. The van der Waals surface area contributed by atoms with Crippen LogP contribution in [0.5, 0.6) is 0 Å². The molecule has 3 heterocycles. The van der Waals surface area contributed by atoms with Crippen LogP contribution in [0.1, 0.15) is 30.3 Å². The summed E-state index contributed by atoms with van der Waals surface area (Å²) in [5.41, 5.74) is 0.931. The number of piperidine rings is 1. The third-order valence-electron chi connectivity index (χ3n) is 3.98. The molecule has 0 bridgehead atoms. The Morgan fingerprint density at radius 2 is 2.22 bits per heavy atom. The lowest BCUT2D eigenvalue weighted by atomic mass is 9.97. The average Bonchev–Trinajstić information content (AvgIpc) is 2.56. The third kappa shape index (κ3) is 4.20. The Morgan fingerprint density at radius 1 is 1.30 bits per heavy atom. The van der Waals surface area contributed by atoms with Crippen LogP contribution in [0, 0.1) is 6.92 Å². The number of nitrogens with one attached hydrogen (secondary N) is 1. The molecule has 1 aliphatic rings. The molecule has 2 N–H and O–H groups in total. The first-order valence-corrected chi connectivity index (χ1v) is 7.96. The molecule has 1 saturated heterocycles. The Labute approximate surface area is 135 Å². The molecule has 1 fully saturated rings. The molecule has 23 heavy (non-hydrogen) atoms. The van der Waals surface area contributed by atoms with E-state index in [0.717, 1.165) is 43.3 Å². The number of hydrogen-bond donors (Lipinski definition) is 2. The second-order valence-corrected chi connectivity index (χ2v) is 5.83. The number of anilines is 2. The summed E-state index contributed by atoms with van der Waals surface area (Å²) >= 11 is 0. The van der Waals surface area contributed by atoms with Crippen molar-refractivity contribution in [3.8, 4) is 0 Å². The first-order chi connectivity index (χ1) is 11.2. The Kier molecular flexibility index (Phi) is 5.09. The fourth-order valence-corrected chi connectivity index (χ4v) is 2.94. The van der Waals surface area contributed by atoms with Gasteiger partial charge in [-0.15, -0.1) is 0 Å². The maximum absolute atomic E-state index is 9.13. The lowest BCUT2D eigenvalue weighted by molar-refractivity contribution is 0.159. The van der Waals surface area contributed by atoms with Gasteiger partial charge in [0.1, 0.15) is 17.5 Å². The van der Waals surface area contributed by atoms with Crippen LogP contribution < -0.4 is 5.32 Å². The van der Waals surface area contributed by atoms with E-state index < -0.39 is 0 Å². The first-order valence-electron chi connectivity index (χ1n) is 7.96. The van der Waals surface area contributed by atoms with E-state index in [1.807, 2.05) is 13.0 Å². The van der Waals surface area contributed by atoms with Crippen LogP contribution in [0.4, 0.5) is 11.6 Å². The number of aromatic nitrogens is 4. The fraction of sp³-hybridized carbons (Fsp3) is 0.500. The van der Waals surface area contributed by atoms with Gasteiger partial charge in [-0.25, -0.2) is 15.0 Å². The summed E-state index contributed by atoms with van der Waals surface area (Å²) in [5.74, 6) is 2.58. The summed E-state index contributed by atoms with van der Waals surface area (Å²) in [7, 11) is 0. The van der Waals surface area contributed by atoms with E-state index >= 15 is 0 Å². The van der Waals surface area contributed by atoms with Crippen LogP contribution in [-0.2, 0) is 0 Å². The Balaban J connectivity index is 1.77. The van der Waals surface area contributed by atoms with E-state index in [2.05, 4.69) is 30.2 Å². The molecule has 0 radical (unpaired) electrons. The monoisotopic (exact) mass is 314 g/mol. The molecule has 7 heteroatoms. The Morgan fingerprint density at radius 3 is 3.00 bits per heavy atom. The highest BCUT2D eigenvalue weighted by atomic mass is 16.3. The maximum atomic E-state index is 9.13. The zero-order valence-corrected chi connectivity index (χ0v) is 13.3. The van der Waals surface area contributed by atoms with Gasteiger partial charge in [-0.05, 0) is 26.3 Å². The molecular formula is C16H22N6O. The minimum absolute atomic E-state index is 0.195. The van der Waals surface area contributed by atoms with Crippen molar-refractivity contribution in [2.75, 3.05) is 31.6 Å². The maximum Gasteiger partial charge on any atom is 0.150 e. The molecule has 0 aromatic carbocycles. The summed E-state index contributed by atoms with van der Waals surface area (Å²) in [6.07, 6.45) is 7.14. The number of β-amino-alcohol motifs (C(OH)–C–C–N with tert-alkyl or cyclic N) is 1. The van der Waals surface area contributed by atoms with E-state index in [-0.39, 0.29) is 6.61 Å². The van der Waals surface area contributed by atoms with Gasteiger partial charge in [0.25, 0.3) is 0 Å². The summed E-state index contributed by atoms with van der Waals surface area (Å²) in [6, 6.07) is 1.91. The van der Waals surface area contributed by atoms with Crippen LogP contribution in [0.3, 0.4) is 0 Å². The highest BCUT2D eigenvalue weighted by Crippen LogP contribution is 2.25. The number of hydrogen-bond acceptors (Lipinski definition) is 7. The van der Waals surface area contributed by atoms with Crippen molar-refractivity contribution in [3.63, 3.8) is 0 Å². The highest BCUT2D eigenvalue weighted by molar-refractivity contribution is 5.50. The zero-order chi connectivity index (χ0) is 16.1. The van der Waals surface area contributed by atoms with Gasteiger partial charge in [0.05, 0.1) is 12.8 Å². The van der Waals surface area contributed by atoms with Crippen molar-refractivity contribution < 1.29 is 5.11 Å². The van der Waals surface area contributed by atoms with Crippen LogP contribution in [-0.4, -0.2) is 56.2 Å². The van der Waals surface area contributed by atoms with Gasteiger partial charge < -0.3 is 15.3 Å². The lowest BCUT2D eigenvalue weighted by Crippen LogP contribution is -2.36. The van der Waals surface area contributed by atoms with Crippen molar-refractivity contribution in [1.29, 1.82) is 0 Å². The van der Waals surface area contributed by atoms with Gasteiger partial charge in [-0.3, -0.25) is 4.98 Å². The molecule has 1 atom stereocenters. The number of aliphatic hydroxyl groups is 1. The van der Waals surface area contributed by atoms with E-state index in [1.165, 1.54) is 0 Å². The van der Waals surface area contributed by atoms with Crippen molar-refractivity contribution in [1.82, 2.24) is 24.8 Å². The fourth-order valence-electron chi connectivity index (χ4n) is 2.94. The number of nitrogens with zero attached hydrogens (tertiary/aromatic N) is 5. The van der Waals surface area contributed by atoms with Crippen LogP contribution in [0.2, 0.25) is 0 Å². The predicted octanol–water partition coefficient (Wildman–Crippen LogP) is 1.49. The van der Waals surface area contributed by atoms with Gasteiger partial charge in [-0.2, -0.15) is 0 Å². The molecule has 0 saturated carbocycles. The molecule has 2 aromatic rings. The second-order valence-electron chi connectivity index (χ2n) is 5.83. The van der Waals surface area contributed by atoms with E-state index in [9.17, 15) is 0 Å². The van der Waals surface area contributed by atoms with Crippen molar-refractivity contribution in [2.24, 2.45) is 0 Å². The second kappa shape index (κ2) is 7.43. The van der Waals surface area contributed by atoms with Gasteiger partial charge in [0.15, 0.2) is 0 Å². The van der Waals surface area contributed by atoms with Crippen LogP contribution >= 0.6 is 0 Å². The highest BCUT2D eigenvalue weighted by Gasteiger charge is 2.23. The lowest BCUT2D eigenvalue weighted by Gasteiger charge is -2.31. The summed E-state index contributed by atoms with van der Waals surface area (Å²) in [5, 5.41) is 12.3. The standard InChI is InChI=1S/C16H22N6O/c1-12-9-14(20-15-10-17-4-5-18-15)21-16(19-12)13-3-2-6-22(11-13)7-8-23/h4-5,9-10,13,23H,2-3,6-8,11H2,1H3,(H,18,19,20,21)/t13-/m1/s1. The van der Waals surface area contributed by atoms with Crippen molar-refractivity contribution in [3.05, 3.63) is 36.2 Å². The molecule has 1 aliphatic heterocycles. The molecular weight excluding hydrogens is 292 g/mol. The molecule has 122 valence electrons. The number of aliphatic hydroxyl groups excluding tert-OH is 1. The number of aryl methyl sites for hydroxylation is 1. The van der Waals surface area contributed by atoms with E-state index in [4.69, 9.17) is 5.11 Å². The predicted molar refractivity (Wildman–Crippen MR) is 87.6 cm³/mol. The van der Waals surface area contributed by atoms with E-state index in [1.54, 1.807) is 18.6 Å². The SMILES string of the molecule is Cc1cc(Nc2cnccn2)nc([C@@H]2CCCN(CCO)C2)n1. The van der Waals surface area contributed by atoms with Gasteiger partial charge in [-0.1, -0.05) is 0 Å². The molecule has 0 spiro atoms. The Hall–Kier alpha value is -2.12. The summed E-state index contributed by atoms with van der Waals surface area (Å²) in [6.45, 7) is 4.82. The number of rotatable bonds is 5. The van der Waals surface area contributed by atoms with Crippen LogP contribution in [0.25, 0.3) is 0 Å². The molecule has 3 rings (SSSR count). The molecule has 2 aromatic heterocycles. The smallest absolute Gasteiger partial charge is 0.150 e. The minimum atomic E-state index is 0.195. The quantitative estimate of drug-likeness (QED) is 0.864.